The van der Waals surface area contributed by atoms with Gasteiger partial charge in [-0.1, -0.05) is 11.6 Å². The summed E-state index contributed by atoms with van der Waals surface area (Å²) in [5.74, 6) is 5.31. The first-order valence-electron chi connectivity index (χ1n) is 5.56. The van der Waals surface area contributed by atoms with E-state index in [1.54, 1.807) is 23.5 Å². The topological polar surface area (TPSA) is 38.0 Å². The Hall–Kier alpha value is -0.940. The summed E-state index contributed by atoms with van der Waals surface area (Å²) in [7, 11) is 0. The molecule has 0 amide bonds. The van der Waals surface area contributed by atoms with Gasteiger partial charge in [-0.25, -0.2) is 4.39 Å². The lowest BCUT2D eigenvalue weighted by Crippen LogP contribution is -2.29. The molecule has 0 aliphatic rings. The molecule has 18 heavy (non-hydrogen) atoms. The summed E-state index contributed by atoms with van der Waals surface area (Å²) in [6, 6.07) is 6.50. The lowest BCUT2D eigenvalue weighted by atomic mass is 10.0. The standard InChI is InChI=1S/C13H14ClFN2S/c1-8-4-5-18-13(8)12(17-16)7-9-6-10(14)2-3-11(9)15/h2-6,12,17H,7,16H2,1H3. The van der Waals surface area contributed by atoms with Crippen LogP contribution in [0.15, 0.2) is 29.6 Å². The monoisotopic (exact) mass is 284 g/mol. The van der Waals surface area contributed by atoms with E-state index in [9.17, 15) is 4.39 Å². The number of halogens is 2. The van der Waals surface area contributed by atoms with Crippen LogP contribution in [-0.4, -0.2) is 0 Å². The van der Waals surface area contributed by atoms with Crippen molar-refractivity contribution in [1.29, 1.82) is 0 Å². The highest BCUT2D eigenvalue weighted by molar-refractivity contribution is 7.10. The van der Waals surface area contributed by atoms with Gasteiger partial charge in [0, 0.05) is 9.90 Å². The van der Waals surface area contributed by atoms with Gasteiger partial charge in [-0.15, -0.1) is 11.3 Å². The predicted octanol–water partition coefficient (Wildman–Crippen LogP) is 3.60. The SMILES string of the molecule is Cc1ccsc1C(Cc1cc(Cl)ccc1F)NN. The molecule has 0 saturated heterocycles. The second-order valence-electron chi connectivity index (χ2n) is 4.13. The van der Waals surface area contributed by atoms with Gasteiger partial charge in [0.1, 0.15) is 5.82 Å². The number of benzene rings is 1. The van der Waals surface area contributed by atoms with E-state index in [1.807, 2.05) is 18.4 Å². The average molecular weight is 285 g/mol. The van der Waals surface area contributed by atoms with Crippen molar-refractivity contribution < 1.29 is 4.39 Å². The maximum Gasteiger partial charge on any atom is 0.126 e. The van der Waals surface area contributed by atoms with Gasteiger partial charge in [-0.05, 0) is 54.1 Å². The molecule has 0 aliphatic heterocycles. The Bertz CT molecular complexity index is 542. The van der Waals surface area contributed by atoms with Crippen molar-refractivity contribution in [3.05, 3.63) is 56.5 Å². The molecule has 1 aromatic carbocycles. The fraction of sp³-hybridized carbons (Fsp3) is 0.231. The van der Waals surface area contributed by atoms with E-state index < -0.39 is 0 Å². The fourth-order valence-corrected chi connectivity index (χ4v) is 3.07. The zero-order valence-electron chi connectivity index (χ0n) is 9.91. The second-order valence-corrected chi connectivity index (χ2v) is 5.51. The summed E-state index contributed by atoms with van der Waals surface area (Å²) in [5.41, 5.74) is 4.47. The molecule has 0 spiro atoms. The van der Waals surface area contributed by atoms with Crippen molar-refractivity contribution in [2.75, 3.05) is 0 Å². The molecule has 5 heteroatoms. The highest BCUT2D eigenvalue weighted by atomic mass is 35.5. The molecule has 2 nitrogen and oxygen atoms in total. The minimum Gasteiger partial charge on any atom is -0.271 e. The average Bonchev–Trinajstić information content (AvgIpc) is 2.77. The van der Waals surface area contributed by atoms with Gasteiger partial charge in [0.15, 0.2) is 0 Å². The largest absolute Gasteiger partial charge is 0.271 e. The first-order valence-corrected chi connectivity index (χ1v) is 6.81. The molecule has 2 aromatic rings. The van der Waals surface area contributed by atoms with Crippen molar-refractivity contribution in [1.82, 2.24) is 5.43 Å². The molecule has 1 heterocycles. The molecule has 0 fully saturated rings. The van der Waals surface area contributed by atoms with E-state index in [-0.39, 0.29) is 11.9 Å². The maximum atomic E-state index is 13.7. The molecule has 0 bridgehead atoms. The molecule has 1 aromatic heterocycles. The second kappa shape index (κ2) is 5.80. The van der Waals surface area contributed by atoms with Crippen LogP contribution in [0.25, 0.3) is 0 Å². The number of hydrazine groups is 1. The van der Waals surface area contributed by atoms with Crippen LogP contribution in [0.2, 0.25) is 5.02 Å². The lowest BCUT2D eigenvalue weighted by Gasteiger charge is -2.16. The minimum absolute atomic E-state index is 0.0991. The zero-order valence-corrected chi connectivity index (χ0v) is 11.5. The van der Waals surface area contributed by atoms with Crippen molar-refractivity contribution in [2.45, 2.75) is 19.4 Å². The van der Waals surface area contributed by atoms with Crippen molar-refractivity contribution in [3.63, 3.8) is 0 Å². The van der Waals surface area contributed by atoms with E-state index in [0.717, 1.165) is 10.4 Å². The number of aryl methyl sites for hydroxylation is 1. The van der Waals surface area contributed by atoms with Gasteiger partial charge in [0.05, 0.1) is 6.04 Å². The number of rotatable bonds is 4. The number of nitrogens with two attached hydrogens (primary N) is 1. The fourth-order valence-electron chi connectivity index (χ4n) is 1.89. The normalized spacial score (nSPS) is 12.7. The first-order chi connectivity index (χ1) is 8.61. The Morgan fingerprint density at radius 1 is 1.44 bits per heavy atom. The predicted molar refractivity (Wildman–Crippen MR) is 74.2 cm³/mol. The van der Waals surface area contributed by atoms with E-state index in [0.29, 0.717) is 17.0 Å². The summed E-state index contributed by atoms with van der Waals surface area (Å²) in [6.07, 6.45) is 0.476. The third kappa shape index (κ3) is 2.90. The van der Waals surface area contributed by atoms with Crippen LogP contribution in [-0.2, 0) is 6.42 Å². The molecule has 2 rings (SSSR count). The quantitative estimate of drug-likeness (QED) is 0.665. The van der Waals surface area contributed by atoms with Crippen LogP contribution in [0.3, 0.4) is 0 Å². The molecule has 0 radical (unpaired) electrons. The highest BCUT2D eigenvalue weighted by Gasteiger charge is 2.16. The summed E-state index contributed by atoms with van der Waals surface area (Å²) in [4.78, 5) is 1.12. The molecule has 0 saturated carbocycles. The molecule has 96 valence electrons. The van der Waals surface area contributed by atoms with Crippen LogP contribution < -0.4 is 11.3 Å². The van der Waals surface area contributed by atoms with Gasteiger partial charge in [0.2, 0.25) is 0 Å². The Morgan fingerprint density at radius 3 is 2.83 bits per heavy atom. The smallest absolute Gasteiger partial charge is 0.126 e. The Kier molecular flexibility index (Phi) is 4.35. The van der Waals surface area contributed by atoms with E-state index in [2.05, 4.69) is 5.43 Å². The lowest BCUT2D eigenvalue weighted by molar-refractivity contribution is 0.534. The van der Waals surface area contributed by atoms with Crippen LogP contribution in [0.5, 0.6) is 0 Å². The van der Waals surface area contributed by atoms with Gasteiger partial charge >= 0.3 is 0 Å². The van der Waals surface area contributed by atoms with Crippen molar-refractivity contribution >= 4 is 22.9 Å². The van der Waals surface area contributed by atoms with Crippen LogP contribution in [0.4, 0.5) is 4.39 Å². The number of nitrogens with one attached hydrogen (secondary N) is 1. The zero-order chi connectivity index (χ0) is 13.1. The van der Waals surface area contributed by atoms with E-state index in [1.165, 1.54) is 6.07 Å². The molecular formula is C13H14ClFN2S. The summed E-state index contributed by atoms with van der Waals surface area (Å²) >= 11 is 7.50. The Labute approximate surface area is 115 Å². The van der Waals surface area contributed by atoms with Crippen molar-refractivity contribution in [3.8, 4) is 0 Å². The third-order valence-corrected chi connectivity index (χ3v) is 4.22. The Morgan fingerprint density at radius 2 is 2.22 bits per heavy atom. The number of hydrogen-bond donors (Lipinski definition) is 2. The van der Waals surface area contributed by atoms with Crippen LogP contribution >= 0.6 is 22.9 Å². The molecule has 1 atom stereocenters. The maximum absolute atomic E-state index is 13.7. The van der Waals surface area contributed by atoms with Gasteiger partial charge in [-0.3, -0.25) is 11.3 Å². The molecule has 0 aliphatic carbocycles. The van der Waals surface area contributed by atoms with Crippen LogP contribution in [0, 0.1) is 12.7 Å². The highest BCUT2D eigenvalue weighted by Crippen LogP contribution is 2.27. The van der Waals surface area contributed by atoms with Gasteiger partial charge in [-0.2, -0.15) is 0 Å². The number of hydrogen-bond acceptors (Lipinski definition) is 3. The third-order valence-electron chi connectivity index (χ3n) is 2.85. The molecular weight excluding hydrogens is 271 g/mol. The summed E-state index contributed by atoms with van der Waals surface area (Å²) in [6.45, 7) is 2.02. The number of thiophene rings is 1. The molecule has 3 N–H and O–H groups in total. The Balaban J connectivity index is 2.26. The van der Waals surface area contributed by atoms with E-state index in [4.69, 9.17) is 17.4 Å². The van der Waals surface area contributed by atoms with Crippen molar-refractivity contribution in [2.24, 2.45) is 5.84 Å². The van der Waals surface area contributed by atoms with Gasteiger partial charge < -0.3 is 0 Å². The summed E-state index contributed by atoms with van der Waals surface area (Å²) < 4.78 is 13.7. The van der Waals surface area contributed by atoms with E-state index >= 15 is 0 Å². The minimum atomic E-state index is -0.256. The first kappa shape index (κ1) is 13.5. The van der Waals surface area contributed by atoms with Gasteiger partial charge in [0.25, 0.3) is 0 Å². The summed E-state index contributed by atoms with van der Waals surface area (Å²) in [5, 5.41) is 2.54. The van der Waals surface area contributed by atoms with Crippen LogP contribution in [0.1, 0.15) is 22.0 Å². The molecule has 1 unspecified atom stereocenters.